The lowest BCUT2D eigenvalue weighted by atomic mass is 9.82. The van der Waals surface area contributed by atoms with Gasteiger partial charge in [-0.2, -0.15) is 5.10 Å². The van der Waals surface area contributed by atoms with E-state index in [4.69, 9.17) is 5.73 Å². The van der Waals surface area contributed by atoms with Crippen molar-refractivity contribution in [2.24, 2.45) is 15.9 Å². The van der Waals surface area contributed by atoms with Crippen LogP contribution in [0.1, 0.15) is 29.2 Å². The van der Waals surface area contributed by atoms with Crippen LogP contribution in [0.25, 0.3) is 0 Å². The Kier molecular flexibility index (Phi) is 3.52. The van der Waals surface area contributed by atoms with E-state index in [1.807, 2.05) is 6.92 Å². The van der Waals surface area contributed by atoms with Crippen LogP contribution < -0.4 is 5.73 Å². The van der Waals surface area contributed by atoms with Crippen LogP contribution in [0, 0.1) is 13.8 Å². The van der Waals surface area contributed by atoms with E-state index < -0.39 is 0 Å². The van der Waals surface area contributed by atoms with Gasteiger partial charge in [-0.05, 0) is 30.7 Å². The predicted molar refractivity (Wildman–Crippen MR) is 75.9 cm³/mol. The highest BCUT2D eigenvalue weighted by Crippen LogP contribution is 2.28. The third-order valence-corrected chi connectivity index (χ3v) is 3.44. The number of rotatable bonds is 2. The molecule has 0 unspecified atom stereocenters. The zero-order valence-corrected chi connectivity index (χ0v) is 11.3. The van der Waals surface area contributed by atoms with Crippen LogP contribution in [0.15, 0.2) is 22.3 Å². The molecule has 4 heteroatoms. The Hall–Kier alpha value is -1.29. The molecule has 0 radical (unpaired) electrons. The molecule has 2 rings (SSSR count). The highest BCUT2D eigenvalue weighted by molar-refractivity contribution is 8.13. The van der Waals surface area contributed by atoms with Gasteiger partial charge in [-0.25, -0.2) is 0 Å². The van der Waals surface area contributed by atoms with E-state index in [1.165, 1.54) is 34.0 Å². The Morgan fingerprint density at radius 3 is 2.82 bits per heavy atom. The molecule has 0 saturated carbocycles. The number of fused-ring (bicyclic) bond motifs is 1. The number of benzene rings is 1. The van der Waals surface area contributed by atoms with Gasteiger partial charge in [-0.1, -0.05) is 36.4 Å². The first kappa shape index (κ1) is 12.2. The minimum atomic E-state index is 0.540. The van der Waals surface area contributed by atoms with Crippen LogP contribution >= 0.6 is 11.8 Å². The summed E-state index contributed by atoms with van der Waals surface area (Å²) < 4.78 is 0. The van der Waals surface area contributed by atoms with Gasteiger partial charge in [-0.15, -0.1) is 5.10 Å². The van der Waals surface area contributed by atoms with E-state index in [0.29, 0.717) is 5.17 Å². The standard InChI is InChI=1S/C13H17N3S/c1-4-17-13(14)16-15-11-7-10-6-8(2)5-9(3)12(10)11/h5-6H,4,7H2,1-3H3,(H2,14,16). The molecule has 0 saturated heterocycles. The van der Waals surface area contributed by atoms with E-state index in [1.54, 1.807) is 0 Å². The van der Waals surface area contributed by atoms with E-state index >= 15 is 0 Å². The fraction of sp³-hybridized carbons (Fsp3) is 0.385. The Labute approximate surface area is 106 Å². The predicted octanol–water partition coefficient (Wildman–Crippen LogP) is 2.63. The molecule has 90 valence electrons. The molecule has 0 aromatic heterocycles. The quantitative estimate of drug-likeness (QED) is 0.496. The summed E-state index contributed by atoms with van der Waals surface area (Å²) in [5.74, 6) is 0.926. The molecule has 0 heterocycles. The number of aryl methyl sites for hydroxylation is 2. The summed E-state index contributed by atoms with van der Waals surface area (Å²) in [4.78, 5) is 0. The topological polar surface area (TPSA) is 50.7 Å². The smallest absolute Gasteiger partial charge is 0.180 e. The maximum Gasteiger partial charge on any atom is 0.180 e. The maximum atomic E-state index is 5.70. The normalized spacial score (nSPS) is 16.9. The van der Waals surface area contributed by atoms with Crippen molar-refractivity contribution in [1.82, 2.24) is 0 Å². The summed E-state index contributed by atoms with van der Waals surface area (Å²) in [6.07, 6.45) is 0.908. The third kappa shape index (κ3) is 2.52. The molecule has 1 aliphatic carbocycles. The second-order valence-corrected chi connectivity index (χ2v) is 5.49. The molecule has 0 bridgehead atoms. The van der Waals surface area contributed by atoms with Gasteiger partial charge in [0.15, 0.2) is 5.17 Å². The van der Waals surface area contributed by atoms with E-state index in [0.717, 1.165) is 17.9 Å². The number of hydrogen-bond acceptors (Lipinski definition) is 3. The molecule has 1 aromatic carbocycles. The van der Waals surface area contributed by atoms with Crippen molar-refractivity contribution >= 4 is 22.6 Å². The van der Waals surface area contributed by atoms with Crippen molar-refractivity contribution in [3.63, 3.8) is 0 Å². The van der Waals surface area contributed by atoms with Crippen molar-refractivity contribution < 1.29 is 0 Å². The van der Waals surface area contributed by atoms with Crippen molar-refractivity contribution in [3.8, 4) is 0 Å². The van der Waals surface area contributed by atoms with Gasteiger partial charge in [-0.3, -0.25) is 0 Å². The van der Waals surface area contributed by atoms with Crippen LogP contribution in [0.3, 0.4) is 0 Å². The zero-order valence-electron chi connectivity index (χ0n) is 10.4. The summed E-state index contributed by atoms with van der Waals surface area (Å²) >= 11 is 1.52. The molecule has 1 aliphatic rings. The lowest BCUT2D eigenvalue weighted by Crippen LogP contribution is -2.22. The minimum absolute atomic E-state index is 0.540. The minimum Gasteiger partial charge on any atom is -0.377 e. The van der Waals surface area contributed by atoms with Gasteiger partial charge >= 0.3 is 0 Å². The monoisotopic (exact) mass is 247 g/mol. The van der Waals surface area contributed by atoms with Crippen LogP contribution in [-0.2, 0) is 6.42 Å². The highest BCUT2D eigenvalue weighted by atomic mass is 32.2. The Morgan fingerprint density at radius 1 is 1.41 bits per heavy atom. The molecule has 0 spiro atoms. The molecular formula is C13H17N3S. The molecule has 1 aromatic rings. The van der Waals surface area contributed by atoms with Crippen LogP contribution in [0.4, 0.5) is 0 Å². The van der Waals surface area contributed by atoms with Crippen LogP contribution in [0.5, 0.6) is 0 Å². The molecule has 0 fully saturated rings. The summed E-state index contributed by atoms with van der Waals surface area (Å²) in [7, 11) is 0. The number of thioether (sulfide) groups is 1. The maximum absolute atomic E-state index is 5.70. The molecule has 2 N–H and O–H groups in total. The average Bonchev–Trinajstić information content (AvgIpc) is 2.20. The van der Waals surface area contributed by atoms with Gasteiger partial charge in [0.2, 0.25) is 0 Å². The Bertz CT molecular complexity index is 486. The Morgan fingerprint density at radius 2 is 2.18 bits per heavy atom. The summed E-state index contributed by atoms with van der Waals surface area (Å²) in [6.45, 7) is 6.29. The number of hydrogen-bond donors (Lipinski definition) is 1. The molecule has 0 aliphatic heterocycles. The molecule has 0 atom stereocenters. The van der Waals surface area contributed by atoms with E-state index in [9.17, 15) is 0 Å². The number of nitrogens with zero attached hydrogens (tertiary/aromatic N) is 2. The third-order valence-electron chi connectivity index (χ3n) is 2.77. The second kappa shape index (κ2) is 4.92. The lowest BCUT2D eigenvalue weighted by Gasteiger charge is -2.23. The molecule has 0 amide bonds. The lowest BCUT2D eigenvalue weighted by molar-refractivity contribution is 1.10. The summed E-state index contributed by atoms with van der Waals surface area (Å²) in [5.41, 5.74) is 12.0. The second-order valence-electron chi connectivity index (χ2n) is 4.21. The zero-order chi connectivity index (χ0) is 12.4. The van der Waals surface area contributed by atoms with Crippen molar-refractivity contribution in [3.05, 3.63) is 34.4 Å². The Balaban J connectivity index is 2.23. The highest BCUT2D eigenvalue weighted by Gasteiger charge is 2.23. The van der Waals surface area contributed by atoms with Crippen LogP contribution in [0.2, 0.25) is 0 Å². The van der Waals surface area contributed by atoms with Crippen molar-refractivity contribution in [2.45, 2.75) is 27.2 Å². The summed E-state index contributed by atoms with van der Waals surface area (Å²) in [6, 6.07) is 4.40. The van der Waals surface area contributed by atoms with E-state index in [2.05, 4.69) is 36.2 Å². The molecular weight excluding hydrogens is 230 g/mol. The van der Waals surface area contributed by atoms with Gasteiger partial charge in [0, 0.05) is 12.0 Å². The van der Waals surface area contributed by atoms with Crippen molar-refractivity contribution in [1.29, 1.82) is 0 Å². The van der Waals surface area contributed by atoms with Gasteiger partial charge in [0.1, 0.15) is 0 Å². The first-order valence-corrected chi connectivity index (χ1v) is 6.73. The number of nitrogens with two attached hydrogens (primary N) is 1. The number of amidine groups is 1. The van der Waals surface area contributed by atoms with Crippen molar-refractivity contribution in [2.75, 3.05) is 5.75 Å². The fourth-order valence-electron chi connectivity index (χ4n) is 2.14. The van der Waals surface area contributed by atoms with E-state index in [-0.39, 0.29) is 0 Å². The fourth-order valence-corrected chi connectivity index (χ4v) is 2.54. The van der Waals surface area contributed by atoms with Crippen LogP contribution in [-0.4, -0.2) is 16.6 Å². The largest absolute Gasteiger partial charge is 0.377 e. The average molecular weight is 247 g/mol. The van der Waals surface area contributed by atoms with Gasteiger partial charge in [0.05, 0.1) is 5.71 Å². The first-order chi connectivity index (χ1) is 8.11. The first-order valence-electron chi connectivity index (χ1n) is 5.75. The van der Waals surface area contributed by atoms with Gasteiger partial charge in [0.25, 0.3) is 0 Å². The molecule has 3 nitrogen and oxygen atoms in total. The summed E-state index contributed by atoms with van der Waals surface area (Å²) in [5, 5.41) is 8.82. The SMILES string of the molecule is CCSC(N)=NN=C1Cc2cc(C)cc(C)c21. The molecule has 17 heavy (non-hydrogen) atoms. The van der Waals surface area contributed by atoms with Gasteiger partial charge < -0.3 is 5.73 Å².